The van der Waals surface area contributed by atoms with Gasteiger partial charge in [-0.25, -0.2) is 0 Å². The van der Waals surface area contributed by atoms with E-state index in [2.05, 4.69) is 10.4 Å². The third-order valence-electron chi connectivity index (χ3n) is 3.17. The van der Waals surface area contributed by atoms with Crippen LogP contribution in [0, 0.1) is 0 Å². The molecule has 2 aromatic rings. The molecule has 0 aliphatic heterocycles. The van der Waals surface area contributed by atoms with Gasteiger partial charge in [0.1, 0.15) is 0 Å². The van der Waals surface area contributed by atoms with Crippen LogP contribution in [0.1, 0.15) is 29.3 Å². The van der Waals surface area contributed by atoms with E-state index >= 15 is 0 Å². The van der Waals surface area contributed by atoms with Gasteiger partial charge in [0.05, 0.1) is 19.2 Å². The van der Waals surface area contributed by atoms with Gasteiger partial charge in [0, 0.05) is 18.0 Å². The molecule has 1 aromatic carbocycles. The summed E-state index contributed by atoms with van der Waals surface area (Å²) in [6.07, 6.45) is 4.34. The topological polar surface area (TPSA) is 67.2 Å². The maximum Gasteiger partial charge on any atom is 0.251 e. The highest BCUT2D eigenvalue weighted by Crippen LogP contribution is 2.07. The number of amides is 1. The van der Waals surface area contributed by atoms with Crippen LogP contribution >= 0.6 is 0 Å². The second-order valence-electron chi connectivity index (χ2n) is 4.66. The summed E-state index contributed by atoms with van der Waals surface area (Å²) in [7, 11) is 0. The summed E-state index contributed by atoms with van der Waals surface area (Å²) < 4.78 is 1.83. The highest BCUT2D eigenvalue weighted by atomic mass is 16.3. The van der Waals surface area contributed by atoms with E-state index in [0.717, 1.165) is 5.56 Å². The van der Waals surface area contributed by atoms with Crippen molar-refractivity contribution in [1.29, 1.82) is 0 Å². The van der Waals surface area contributed by atoms with E-state index in [-0.39, 0.29) is 18.6 Å². The number of benzene rings is 1. The third-order valence-corrected chi connectivity index (χ3v) is 3.17. The van der Waals surface area contributed by atoms with Crippen molar-refractivity contribution in [1.82, 2.24) is 15.1 Å². The van der Waals surface area contributed by atoms with E-state index in [1.807, 2.05) is 36.0 Å². The van der Waals surface area contributed by atoms with Crippen LogP contribution in [-0.2, 0) is 6.54 Å². The van der Waals surface area contributed by atoms with Crippen LogP contribution in [0.4, 0.5) is 0 Å². The molecule has 2 N–H and O–H groups in total. The van der Waals surface area contributed by atoms with Crippen LogP contribution in [0.25, 0.3) is 0 Å². The summed E-state index contributed by atoms with van der Waals surface area (Å²) >= 11 is 0. The Kier molecular flexibility index (Phi) is 4.90. The number of hydrogen-bond acceptors (Lipinski definition) is 3. The lowest BCUT2D eigenvalue weighted by molar-refractivity contribution is 0.0915. The van der Waals surface area contributed by atoms with Gasteiger partial charge in [0.15, 0.2) is 0 Å². The van der Waals surface area contributed by atoms with E-state index in [1.165, 1.54) is 0 Å². The average molecular weight is 273 g/mol. The standard InChI is InChI=1S/C15H19N3O2/c1-2-14(11-19)17-15(20)13-6-4-12(5-7-13)10-18-9-3-8-16-18/h3-9,14,19H,2,10-11H2,1H3,(H,17,20). The van der Waals surface area contributed by atoms with Gasteiger partial charge in [0.25, 0.3) is 5.91 Å². The Bertz CT molecular complexity index is 531. The zero-order valence-corrected chi connectivity index (χ0v) is 11.5. The Morgan fingerprint density at radius 3 is 2.70 bits per heavy atom. The quantitative estimate of drug-likeness (QED) is 0.836. The van der Waals surface area contributed by atoms with Crippen molar-refractivity contribution in [2.45, 2.75) is 25.9 Å². The van der Waals surface area contributed by atoms with E-state index in [1.54, 1.807) is 18.3 Å². The van der Waals surface area contributed by atoms with Gasteiger partial charge < -0.3 is 10.4 Å². The smallest absolute Gasteiger partial charge is 0.251 e. The molecule has 0 saturated carbocycles. The van der Waals surface area contributed by atoms with E-state index in [0.29, 0.717) is 18.5 Å². The number of hydrogen-bond donors (Lipinski definition) is 2. The molecule has 5 heteroatoms. The number of rotatable bonds is 6. The van der Waals surface area contributed by atoms with Crippen molar-refractivity contribution in [3.05, 3.63) is 53.9 Å². The lowest BCUT2D eigenvalue weighted by Crippen LogP contribution is -2.36. The number of nitrogens with one attached hydrogen (secondary N) is 1. The fourth-order valence-electron chi connectivity index (χ4n) is 1.89. The van der Waals surface area contributed by atoms with Gasteiger partial charge in [-0.3, -0.25) is 9.48 Å². The van der Waals surface area contributed by atoms with E-state index in [9.17, 15) is 4.79 Å². The van der Waals surface area contributed by atoms with Crippen molar-refractivity contribution in [2.75, 3.05) is 6.61 Å². The number of carbonyl (C=O) groups excluding carboxylic acids is 1. The van der Waals surface area contributed by atoms with Crippen LogP contribution < -0.4 is 5.32 Å². The predicted molar refractivity (Wildman–Crippen MR) is 76.4 cm³/mol. The molecule has 0 fully saturated rings. The lowest BCUT2D eigenvalue weighted by Gasteiger charge is -2.14. The monoisotopic (exact) mass is 273 g/mol. The predicted octanol–water partition coefficient (Wildman–Crippen LogP) is 1.43. The first kappa shape index (κ1) is 14.3. The summed E-state index contributed by atoms with van der Waals surface area (Å²) in [6.45, 7) is 2.57. The summed E-state index contributed by atoms with van der Waals surface area (Å²) in [5, 5.41) is 16.0. The Hall–Kier alpha value is -2.14. The molecular weight excluding hydrogens is 254 g/mol. The summed E-state index contributed by atoms with van der Waals surface area (Å²) in [5.41, 5.74) is 1.68. The molecule has 1 heterocycles. The minimum Gasteiger partial charge on any atom is -0.394 e. The molecule has 1 atom stereocenters. The zero-order chi connectivity index (χ0) is 14.4. The van der Waals surface area contributed by atoms with Crippen molar-refractivity contribution in [3.63, 3.8) is 0 Å². The Morgan fingerprint density at radius 2 is 2.15 bits per heavy atom. The molecule has 1 amide bonds. The second kappa shape index (κ2) is 6.86. The molecule has 0 saturated heterocycles. The normalized spacial score (nSPS) is 12.1. The van der Waals surface area contributed by atoms with Gasteiger partial charge in [-0.1, -0.05) is 19.1 Å². The Balaban J connectivity index is 1.98. The molecule has 2 rings (SSSR count). The first-order chi connectivity index (χ1) is 9.72. The van der Waals surface area contributed by atoms with Gasteiger partial charge in [-0.2, -0.15) is 5.10 Å². The number of aliphatic hydroxyl groups is 1. The first-order valence-electron chi connectivity index (χ1n) is 6.71. The zero-order valence-electron chi connectivity index (χ0n) is 11.5. The molecule has 0 aliphatic carbocycles. The van der Waals surface area contributed by atoms with Gasteiger partial charge in [-0.05, 0) is 30.2 Å². The maximum atomic E-state index is 12.0. The minimum atomic E-state index is -0.189. The van der Waals surface area contributed by atoms with E-state index < -0.39 is 0 Å². The third kappa shape index (κ3) is 3.68. The van der Waals surface area contributed by atoms with Crippen LogP contribution in [0.2, 0.25) is 0 Å². The highest BCUT2D eigenvalue weighted by Gasteiger charge is 2.10. The molecule has 20 heavy (non-hydrogen) atoms. The van der Waals surface area contributed by atoms with Crippen molar-refractivity contribution in [2.24, 2.45) is 0 Å². The van der Waals surface area contributed by atoms with Crippen LogP contribution in [0.15, 0.2) is 42.7 Å². The Labute approximate surface area is 118 Å². The number of nitrogens with zero attached hydrogens (tertiary/aromatic N) is 2. The van der Waals surface area contributed by atoms with Crippen LogP contribution in [-0.4, -0.2) is 33.4 Å². The maximum absolute atomic E-state index is 12.0. The molecule has 1 aromatic heterocycles. The Morgan fingerprint density at radius 1 is 1.40 bits per heavy atom. The van der Waals surface area contributed by atoms with Crippen molar-refractivity contribution < 1.29 is 9.90 Å². The summed E-state index contributed by atoms with van der Waals surface area (Å²) in [5.74, 6) is -0.156. The second-order valence-corrected chi connectivity index (χ2v) is 4.66. The van der Waals surface area contributed by atoms with Gasteiger partial charge in [0.2, 0.25) is 0 Å². The van der Waals surface area contributed by atoms with Crippen molar-refractivity contribution in [3.8, 4) is 0 Å². The summed E-state index contributed by atoms with van der Waals surface area (Å²) in [4.78, 5) is 12.0. The molecular formula is C15H19N3O2. The molecule has 0 aliphatic rings. The average Bonchev–Trinajstić information content (AvgIpc) is 2.98. The van der Waals surface area contributed by atoms with Gasteiger partial charge >= 0.3 is 0 Å². The fraction of sp³-hybridized carbons (Fsp3) is 0.333. The van der Waals surface area contributed by atoms with Crippen molar-refractivity contribution >= 4 is 5.91 Å². The number of aliphatic hydroxyl groups excluding tert-OH is 1. The molecule has 5 nitrogen and oxygen atoms in total. The number of carbonyl (C=O) groups is 1. The van der Waals surface area contributed by atoms with Crippen LogP contribution in [0.3, 0.4) is 0 Å². The largest absolute Gasteiger partial charge is 0.394 e. The van der Waals surface area contributed by atoms with Crippen LogP contribution in [0.5, 0.6) is 0 Å². The molecule has 0 spiro atoms. The molecule has 106 valence electrons. The molecule has 1 unspecified atom stereocenters. The fourth-order valence-corrected chi connectivity index (χ4v) is 1.89. The minimum absolute atomic E-state index is 0.0420. The van der Waals surface area contributed by atoms with E-state index in [4.69, 9.17) is 5.11 Å². The molecule has 0 radical (unpaired) electrons. The lowest BCUT2D eigenvalue weighted by atomic mass is 10.1. The van der Waals surface area contributed by atoms with Gasteiger partial charge in [-0.15, -0.1) is 0 Å². The SMILES string of the molecule is CCC(CO)NC(=O)c1ccc(Cn2cccn2)cc1. The number of aromatic nitrogens is 2. The first-order valence-corrected chi connectivity index (χ1v) is 6.71. The highest BCUT2D eigenvalue weighted by molar-refractivity contribution is 5.94. The summed E-state index contributed by atoms with van der Waals surface area (Å²) in [6, 6.07) is 9.09. The molecule has 0 bridgehead atoms.